The van der Waals surface area contributed by atoms with Gasteiger partial charge in [0, 0.05) is 0 Å². The van der Waals surface area contributed by atoms with Crippen LogP contribution in [0.25, 0.3) is 0 Å². The van der Waals surface area contributed by atoms with Gasteiger partial charge in [-0.2, -0.15) is 0 Å². The summed E-state index contributed by atoms with van der Waals surface area (Å²) in [5.41, 5.74) is 12.2. The van der Waals surface area contributed by atoms with Crippen molar-refractivity contribution in [2.24, 2.45) is 0 Å². The van der Waals surface area contributed by atoms with Crippen LogP contribution in [0.5, 0.6) is 0 Å². The van der Waals surface area contributed by atoms with Crippen LogP contribution in [0.15, 0.2) is 72.8 Å². The first-order valence-corrected chi connectivity index (χ1v) is 28.3. The molecule has 0 aromatic heterocycles. The van der Waals surface area contributed by atoms with Gasteiger partial charge in [0.1, 0.15) is 0 Å². The van der Waals surface area contributed by atoms with Gasteiger partial charge in [-0.05, 0) is 168 Å². The minimum atomic E-state index is -2.19. The van der Waals surface area contributed by atoms with E-state index >= 15 is 0 Å². The molecule has 3 heteroatoms. The molecule has 0 N–H and O–H groups in total. The zero-order valence-electron chi connectivity index (χ0n) is 39.5. The van der Waals surface area contributed by atoms with Gasteiger partial charge >= 0.3 is 0 Å². The van der Waals surface area contributed by atoms with Crippen LogP contribution >= 0.6 is 0 Å². The van der Waals surface area contributed by atoms with Crippen LogP contribution in [0.3, 0.4) is 0 Å². The van der Waals surface area contributed by atoms with E-state index in [2.05, 4.69) is 128 Å². The van der Waals surface area contributed by atoms with Gasteiger partial charge in [-0.3, -0.25) is 0 Å². The van der Waals surface area contributed by atoms with E-state index in [-0.39, 0.29) is 0 Å². The highest BCUT2D eigenvalue weighted by Crippen LogP contribution is 2.19. The Morgan fingerprint density at radius 1 is 0.254 bits per heavy atom. The maximum absolute atomic E-state index is 8.35. The predicted molar refractivity (Wildman–Crippen MR) is 269 cm³/mol. The fraction of sp³-hybridized carbons (Fsp3) is 0.571. The quantitative estimate of drug-likeness (QED) is 0.0476. The molecule has 0 spiro atoms. The van der Waals surface area contributed by atoms with Crippen LogP contribution in [-0.2, 0) is 55.5 Å². The van der Waals surface area contributed by atoms with Crippen molar-refractivity contribution < 1.29 is 4.12 Å². The van der Waals surface area contributed by atoms with E-state index in [1.54, 1.807) is 0 Å². The molecule has 0 heterocycles. The second-order valence-corrected chi connectivity index (χ2v) is 23.3. The van der Waals surface area contributed by atoms with E-state index < -0.39 is 18.1 Å². The fourth-order valence-electron chi connectivity index (χ4n) is 8.81. The van der Waals surface area contributed by atoms with E-state index in [0.29, 0.717) is 0 Å². The molecule has 0 fully saturated rings. The number of rotatable bonds is 30. The second-order valence-electron chi connectivity index (χ2n) is 18.1. The average Bonchev–Trinajstić information content (AvgIpc) is 3.25. The van der Waals surface area contributed by atoms with Crippen LogP contribution in [0.1, 0.15) is 203 Å². The summed E-state index contributed by atoms with van der Waals surface area (Å²) in [5, 5.41) is 6.05. The van der Waals surface area contributed by atoms with E-state index in [1.807, 2.05) is 0 Å². The van der Waals surface area contributed by atoms with Gasteiger partial charge in [0.2, 0.25) is 18.1 Å². The van der Waals surface area contributed by atoms with Crippen LogP contribution in [-0.4, -0.2) is 18.1 Å². The largest absolute Gasteiger partial charge is 0.446 e. The van der Waals surface area contributed by atoms with Crippen molar-refractivity contribution in [3.8, 4) is 0 Å². The smallest absolute Gasteiger partial charge is 0.228 e. The van der Waals surface area contributed by atoms with Gasteiger partial charge in [0.05, 0.1) is 0 Å². The van der Waals surface area contributed by atoms with Crippen LogP contribution in [0.4, 0.5) is 0 Å². The molecule has 0 aliphatic rings. The molecule has 4 aromatic carbocycles. The van der Waals surface area contributed by atoms with Crippen molar-refractivity contribution in [2.75, 3.05) is 0 Å². The standard InChI is InChI=1S/C56H86OSi2/c1-9-17-25-45-33-46(26-18-10-2)38-53(37-45)58(54-39-47(27-19-11-3)34-48(40-54)28-20-12-4)57-59(55-41-49(29-21-13-5)35-50(42-55)30-22-14-6)56-43-51(31-23-15-7)36-52(44-56)32-24-16-8/h33-44,58-59H,9-32H2,1-8H3. The Hall–Kier alpha value is -2.73. The Morgan fingerprint density at radius 3 is 0.542 bits per heavy atom. The number of aryl methyl sites for hydroxylation is 8. The molecule has 0 bridgehead atoms. The minimum absolute atomic E-state index is 1.16. The summed E-state index contributed by atoms with van der Waals surface area (Å²) in [6.45, 7) is 18.7. The molecule has 0 saturated carbocycles. The van der Waals surface area contributed by atoms with Crippen LogP contribution in [0, 0.1) is 0 Å². The first-order valence-electron chi connectivity index (χ1n) is 25.0. The Balaban J connectivity index is 2.06. The van der Waals surface area contributed by atoms with Gasteiger partial charge in [-0.25, -0.2) is 0 Å². The van der Waals surface area contributed by atoms with Gasteiger partial charge < -0.3 is 4.12 Å². The van der Waals surface area contributed by atoms with Crippen molar-refractivity contribution in [1.29, 1.82) is 0 Å². The predicted octanol–water partition coefficient (Wildman–Crippen LogP) is 12.8. The van der Waals surface area contributed by atoms with Crippen molar-refractivity contribution in [2.45, 2.75) is 209 Å². The Kier molecular flexibility index (Phi) is 23.2. The van der Waals surface area contributed by atoms with E-state index in [4.69, 9.17) is 4.12 Å². The van der Waals surface area contributed by atoms with Gasteiger partial charge in [-0.1, -0.05) is 180 Å². The Labute approximate surface area is 368 Å². The highest BCUT2D eigenvalue weighted by molar-refractivity contribution is 6.92. The van der Waals surface area contributed by atoms with E-state index in [0.717, 1.165) is 51.4 Å². The molecule has 0 radical (unpaired) electrons. The fourth-order valence-corrected chi connectivity index (χ4v) is 16.1. The summed E-state index contributed by atoms with van der Waals surface area (Å²) in [6.07, 6.45) is 29.0. The molecule has 324 valence electrons. The van der Waals surface area contributed by atoms with Crippen molar-refractivity contribution in [1.82, 2.24) is 0 Å². The van der Waals surface area contributed by atoms with E-state index in [1.165, 1.54) is 168 Å². The minimum Gasteiger partial charge on any atom is -0.446 e. The number of unbranched alkanes of at least 4 members (excludes halogenated alkanes) is 8. The summed E-state index contributed by atoms with van der Waals surface area (Å²) in [5.74, 6) is 0. The summed E-state index contributed by atoms with van der Waals surface area (Å²) in [7, 11) is -4.37. The van der Waals surface area contributed by atoms with Gasteiger partial charge in [0.25, 0.3) is 0 Å². The molecular weight excluding hydrogens is 745 g/mol. The molecule has 0 aliphatic carbocycles. The summed E-state index contributed by atoms with van der Waals surface area (Å²) in [4.78, 5) is 0. The zero-order valence-corrected chi connectivity index (χ0v) is 41.8. The average molecular weight is 831 g/mol. The lowest BCUT2D eigenvalue weighted by molar-refractivity contribution is 0.632. The lowest BCUT2D eigenvalue weighted by Crippen LogP contribution is -2.56. The van der Waals surface area contributed by atoms with E-state index in [9.17, 15) is 0 Å². The van der Waals surface area contributed by atoms with Crippen LogP contribution < -0.4 is 20.7 Å². The molecule has 0 unspecified atom stereocenters. The number of hydrogen-bond acceptors (Lipinski definition) is 1. The molecule has 0 saturated heterocycles. The summed E-state index contributed by atoms with van der Waals surface area (Å²) in [6, 6.07) is 31.1. The number of hydrogen-bond donors (Lipinski definition) is 0. The summed E-state index contributed by atoms with van der Waals surface area (Å²) >= 11 is 0. The molecule has 59 heavy (non-hydrogen) atoms. The SMILES string of the molecule is CCCCc1cc(CCCC)cc([SiH](O[SiH](c2cc(CCCC)cc(CCCC)c2)c2cc(CCCC)cc(CCCC)c2)c2cc(CCCC)cc(CCCC)c2)c1. The lowest BCUT2D eigenvalue weighted by atomic mass is 10.0. The Bertz CT molecular complexity index is 1410. The molecule has 4 rings (SSSR count). The maximum atomic E-state index is 8.35. The molecule has 0 amide bonds. The third-order valence-electron chi connectivity index (χ3n) is 12.3. The molecular formula is C56H86OSi2. The Morgan fingerprint density at radius 2 is 0.407 bits per heavy atom. The third kappa shape index (κ3) is 16.6. The normalized spacial score (nSPS) is 11.7. The topological polar surface area (TPSA) is 9.23 Å². The third-order valence-corrected chi connectivity index (χ3v) is 18.3. The first kappa shape index (κ1) is 48.9. The number of benzene rings is 4. The lowest BCUT2D eigenvalue weighted by Gasteiger charge is -2.28. The van der Waals surface area contributed by atoms with Crippen molar-refractivity contribution >= 4 is 38.8 Å². The molecule has 1 nitrogen and oxygen atoms in total. The monoisotopic (exact) mass is 831 g/mol. The summed E-state index contributed by atoms with van der Waals surface area (Å²) < 4.78 is 8.35. The molecule has 0 atom stereocenters. The zero-order chi connectivity index (χ0) is 42.2. The maximum Gasteiger partial charge on any atom is 0.228 e. The van der Waals surface area contributed by atoms with Crippen molar-refractivity contribution in [3.63, 3.8) is 0 Å². The highest BCUT2D eigenvalue weighted by atomic mass is 28.4. The van der Waals surface area contributed by atoms with Gasteiger partial charge in [0.15, 0.2) is 0 Å². The first-order chi connectivity index (χ1) is 28.9. The van der Waals surface area contributed by atoms with Gasteiger partial charge in [-0.15, -0.1) is 0 Å². The molecule has 4 aromatic rings. The highest BCUT2D eigenvalue weighted by Gasteiger charge is 2.29. The molecule has 0 aliphatic heterocycles. The van der Waals surface area contributed by atoms with Crippen molar-refractivity contribution in [3.05, 3.63) is 117 Å². The second kappa shape index (κ2) is 28.0. The van der Waals surface area contributed by atoms with Crippen LogP contribution in [0.2, 0.25) is 0 Å².